The number of amides is 1. The van der Waals surface area contributed by atoms with Gasteiger partial charge in [0, 0.05) is 19.5 Å². The molecule has 0 unspecified atom stereocenters. The number of halogens is 1. The van der Waals surface area contributed by atoms with Gasteiger partial charge in [0.1, 0.15) is 0 Å². The molecule has 0 atom stereocenters. The maximum atomic E-state index is 11.5. The van der Waals surface area contributed by atoms with Gasteiger partial charge >= 0.3 is 0 Å². The third-order valence-electron chi connectivity index (χ3n) is 3.33. The molecule has 0 fully saturated rings. The molecule has 0 aliphatic carbocycles. The van der Waals surface area contributed by atoms with Gasteiger partial charge in [0.05, 0.1) is 13.2 Å². The average molecular weight is 335 g/mol. The second-order valence-corrected chi connectivity index (χ2v) is 5.06. The molecule has 0 radical (unpaired) electrons. The quantitative estimate of drug-likeness (QED) is 0.780. The summed E-state index contributed by atoms with van der Waals surface area (Å²) in [4.78, 5) is 11.5. The zero-order valence-electron chi connectivity index (χ0n) is 13.0. The van der Waals surface area contributed by atoms with Crippen LogP contribution < -0.4 is 11.1 Å². The normalized spacial score (nSPS) is 9.96. The van der Waals surface area contributed by atoms with Crippen LogP contribution in [0.1, 0.15) is 23.1 Å². The SMILES string of the molecule is Cl.NCCC(=O)NCc1ccccc1COCc1ccccc1. The van der Waals surface area contributed by atoms with Gasteiger partial charge in [-0.15, -0.1) is 12.4 Å². The van der Waals surface area contributed by atoms with E-state index in [1.807, 2.05) is 54.6 Å². The van der Waals surface area contributed by atoms with Crippen LogP contribution in [0.2, 0.25) is 0 Å². The molecule has 2 rings (SSSR count). The molecule has 0 aromatic heterocycles. The van der Waals surface area contributed by atoms with E-state index in [1.165, 1.54) is 0 Å². The fourth-order valence-corrected chi connectivity index (χ4v) is 2.14. The summed E-state index contributed by atoms with van der Waals surface area (Å²) < 4.78 is 5.77. The zero-order chi connectivity index (χ0) is 15.6. The standard InChI is InChI=1S/C18H22N2O2.ClH/c19-11-10-18(21)20-12-16-8-4-5-9-17(16)14-22-13-15-6-2-1-3-7-15;/h1-9H,10-14,19H2,(H,20,21);1H. The van der Waals surface area contributed by atoms with Crippen molar-refractivity contribution in [1.82, 2.24) is 5.32 Å². The van der Waals surface area contributed by atoms with Crippen LogP contribution in [0.4, 0.5) is 0 Å². The van der Waals surface area contributed by atoms with Crippen LogP contribution in [0.15, 0.2) is 54.6 Å². The van der Waals surface area contributed by atoms with Crippen molar-refractivity contribution in [3.05, 3.63) is 71.3 Å². The van der Waals surface area contributed by atoms with E-state index < -0.39 is 0 Å². The largest absolute Gasteiger partial charge is 0.372 e. The summed E-state index contributed by atoms with van der Waals surface area (Å²) in [5.74, 6) is -0.0255. The molecule has 0 spiro atoms. The summed E-state index contributed by atoms with van der Waals surface area (Å²) in [5.41, 5.74) is 8.68. The molecule has 124 valence electrons. The summed E-state index contributed by atoms with van der Waals surface area (Å²) in [7, 11) is 0. The summed E-state index contributed by atoms with van der Waals surface area (Å²) >= 11 is 0. The lowest BCUT2D eigenvalue weighted by Gasteiger charge is -2.11. The highest BCUT2D eigenvalue weighted by atomic mass is 35.5. The van der Waals surface area contributed by atoms with Gasteiger partial charge in [0.2, 0.25) is 5.91 Å². The van der Waals surface area contributed by atoms with Crippen LogP contribution in [-0.2, 0) is 29.3 Å². The summed E-state index contributed by atoms with van der Waals surface area (Å²) in [6.45, 7) is 1.98. The molecule has 23 heavy (non-hydrogen) atoms. The molecule has 2 aromatic rings. The Balaban J connectivity index is 0.00000264. The first kappa shape index (κ1) is 19.2. The number of nitrogens with one attached hydrogen (secondary N) is 1. The monoisotopic (exact) mass is 334 g/mol. The number of nitrogens with two attached hydrogens (primary N) is 1. The molecular formula is C18H23ClN2O2. The summed E-state index contributed by atoms with van der Waals surface area (Å²) in [6.07, 6.45) is 0.354. The lowest BCUT2D eigenvalue weighted by molar-refractivity contribution is -0.121. The first-order chi connectivity index (χ1) is 10.8. The number of carbonyl (C=O) groups is 1. The molecule has 1 amide bonds. The first-order valence-electron chi connectivity index (χ1n) is 7.45. The van der Waals surface area contributed by atoms with Crippen molar-refractivity contribution in [2.75, 3.05) is 6.54 Å². The highest BCUT2D eigenvalue weighted by molar-refractivity contribution is 5.85. The van der Waals surface area contributed by atoms with E-state index in [0.29, 0.717) is 32.7 Å². The zero-order valence-corrected chi connectivity index (χ0v) is 13.9. The van der Waals surface area contributed by atoms with Crippen molar-refractivity contribution in [3.63, 3.8) is 0 Å². The molecule has 0 saturated carbocycles. The van der Waals surface area contributed by atoms with Crippen molar-refractivity contribution in [1.29, 1.82) is 0 Å². The van der Waals surface area contributed by atoms with Gasteiger partial charge in [-0.3, -0.25) is 4.79 Å². The Morgan fingerprint density at radius 1 is 0.957 bits per heavy atom. The molecule has 5 heteroatoms. The Bertz CT molecular complexity index is 591. The number of benzene rings is 2. The number of hydrogen-bond donors (Lipinski definition) is 2. The van der Waals surface area contributed by atoms with Gasteiger partial charge < -0.3 is 15.8 Å². The van der Waals surface area contributed by atoms with Crippen molar-refractivity contribution in [3.8, 4) is 0 Å². The third kappa shape index (κ3) is 6.82. The fraction of sp³-hybridized carbons (Fsp3) is 0.278. The Morgan fingerprint density at radius 2 is 1.61 bits per heavy atom. The molecular weight excluding hydrogens is 312 g/mol. The summed E-state index contributed by atoms with van der Waals surface area (Å²) in [6, 6.07) is 18.0. The Labute approximate surface area is 143 Å². The van der Waals surface area contributed by atoms with E-state index in [1.54, 1.807) is 0 Å². The highest BCUT2D eigenvalue weighted by Crippen LogP contribution is 2.11. The van der Waals surface area contributed by atoms with Gasteiger partial charge in [-0.05, 0) is 16.7 Å². The molecule has 0 aliphatic heterocycles. The molecule has 4 nitrogen and oxygen atoms in total. The predicted molar refractivity (Wildman–Crippen MR) is 94.1 cm³/mol. The minimum atomic E-state index is -0.0255. The lowest BCUT2D eigenvalue weighted by Crippen LogP contribution is -2.25. The molecule has 2 aromatic carbocycles. The smallest absolute Gasteiger partial charge is 0.221 e. The number of ether oxygens (including phenoxy) is 1. The van der Waals surface area contributed by atoms with E-state index >= 15 is 0 Å². The minimum Gasteiger partial charge on any atom is -0.372 e. The van der Waals surface area contributed by atoms with Gasteiger partial charge in [-0.1, -0.05) is 54.6 Å². The van der Waals surface area contributed by atoms with Crippen molar-refractivity contribution >= 4 is 18.3 Å². The molecule has 0 bridgehead atoms. The topological polar surface area (TPSA) is 64.4 Å². The van der Waals surface area contributed by atoms with Crippen molar-refractivity contribution in [2.45, 2.75) is 26.2 Å². The van der Waals surface area contributed by atoms with E-state index in [2.05, 4.69) is 5.32 Å². The first-order valence-corrected chi connectivity index (χ1v) is 7.45. The van der Waals surface area contributed by atoms with E-state index in [4.69, 9.17) is 10.5 Å². The number of hydrogen-bond acceptors (Lipinski definition) is 3. The van der Waals surface area contributed by atoms with Crippen LogP contribution in [0.5, 0.6) is 0 Å². The lowest BCUT2D eigenvalue weighted by atomic mass is 10.1. The van der Waals surface area contributed by atoms with Crippen LogP contribution in [-0.4, -0.2) is 12.5 Å². The third-order valence-corrected chi connectivity index (χ3v) is 3.33. The fourth-order valence-electron chi connectivity index (χ4n) is 2.14. The van der Waals surface area contributed by atoms with Gasteiger partial charge in [0.15, 0.2) is 0 Å². The number of carbonyl (C=O) groups excluding carboxylic acids is 1. The maximum absolute atomic E-state index is 11.5. The van der Waals surface area contributed by atoms with Crippen LogP contribution in [0, 0.1) is 0 Å². The van der Waals surface area contributed by atoms with Crippen LogP contribution in [0.25, 0.3) is 0 Å². The number of rotatable bonds is 8. The van der Waals surface area contributed by atoms with Gasteiger partial charge in [0.25, 0.3) is 0 Å². The molecule has 0 aliphatic rings. The van der Waals surface area contributed by atoms with Crippen LogP contribution >= 0.6 is 12.4 Å². The van der Waals surface area contributed by atoms with Gasteiger partial charge in [-0.25, -0.2) is 0 Å². The van der Waals surface area contributed by atoms with Gasteiger partial charge in [-0.2, -0.15) is 0 Å². The molecule has 0 saturated heterocycles. The molecule has 0 heterocycles. The average Bonchev–Trinajstić information content (AvgIpc) is 2.55. The second-order valence-electron chi connectivity index (χ2n) is 5.06. The molecule has 3 N–H and O–H groups in total. The van der Waals surface area contributed by atoms with Crippen molar-refractivity contribution in [2.24, 2.45) is 5.73 Å². The van der Waals surface area contributed by atoms with E-state index in [9.17, 15) is 4.79 Å². The maximum Gasteiger partial charge on any atom is 0.221 e. The van der Waals surface area contributed by atoms with Crippen molar-refractivity contribution < 1.29 is 9.53 Å². The Kier molecular flexibility index (Phi) is 8.98. The minimum absolute atomic E-state index is 0. The summed E-state index contributed by atoms with van der Waals surface area (Å²) in [5, 5.41) is 2.87. The van der Waals surface area contributed by atoms with E-state index in [-0.39, 0.29) is 18.3 Å². The Hall–Kier alpha value is -1.88. The highest BCUT2D eigenvalue weighted by Gasteiger charge is 2.04. The Morgan fingerprint density at radius 3 is 2.30 bits per heavy atom. The predicted octanol–water partition coefficient (Wildman–Crippen LogP) is 2.79. The van der Waals surface area contributed by atoms with E-state index in [0.717, 1.165) is 16.7 Å². The van der Waals surface area contributed by atoms with Crippen LogP contribution in [0.3, 0.4) is 0 Å². The second kappa shape index (κ2) is 10.8.